The second-order valence-corrected chi connectivity index (χ2v) is 10.1. The molecule has 3 rings (SSSR count). The van der Waals surface area contributed by atoms with E-state index in [1.807, 2.05) is 29.2 Å². The number of nitrogens with two attached hydrogens (primary N) is 1. The third kappa shape index (κ3) is 6.21. The maximum Gasteiger partial charge on any atom is 0.340 e. The van der Waals surface area contributed by atoms with Crippen molar-refractivity contribution in [1.29, 1.82) is 0 Å². The second kappa shape index (κ2) is 9.89. The average molecular weight is 463 g/mol. The number of primary sulfonamides is 1. The molecule has 2 aromatic rings. The molecule has 174 valence electrons. The highest BCUT2D eigenvalue weighted by Crippen LogP contribution is 2.26. The Kier molecular flexibility index (Phi) is 7.43. The summed E-state index contributed by atoms with van der Waals surface area (Å²) in [6.45, 7) is 8.81. The van der Waals surface area contributed by atoms with E-state index in [4.69, 9.17) is 19.3 Å². The molecule has 0 spiro atoms. The zero-order valence-electron chi connectivity index (χ0n) is 18.7. The van der Waals surface area contributed by atoms with Crippen LogP contribution in [-0.4, -0.2) is 53.9 Å². The van der Waals surface area contributed by atoms with Crippen LogP contribution < -0.4 is 14.8 Å². The summed E-state index contributed by atoms with van der Waals surface area (Å²) >= 11 is 0. The predicted octanol–water partition coefficient (Wildman–Crippen LogP) is 2.70. The molecule has 9 heteroatoms. The number of benzene rings is 2. The van der Waals surface area contributed by atoms with Crippen molar-refractivity contribution in [3.63, 3.8) is 0 Å². The van der Waals surface area contributed by atoms with Crippen LogP contribution in [0.5, 0.6) is 5.75 Å². The lowest BCUT2D eigenvalue weighted by Gasteiger charge is -2.30. The molecule has 32 heavy (non-hydrogen) atoms. The summed E-state index contributed by atoms with van der Waals surface area (Å²) in [5.41, 5.74) is 1.98. The summed E-state index contributed by atoms with van der Waals surface area (Å²) in [4.78, 5) is 14.6. The zero-order chi connectivity index (χ0) is 23.4. The van der Waals surface area contributed by atoms with E-state index in [1.54, 1.807) is 6.07 Å². The standard InChI is InChI=1S/C23H30N2O6S/c1-23(2,3)17-4-6-18(7-5-17)30-14-15-31-22(26)20-16-19(32(24,27)28)8-9-21(20)25-10-12-29-13-11-25/h4-9,16H,10-15H2,1-3H3,(H2,24,27,28). The van der Waals surface area contributed by atoms with Crippen molar-refractivity contribution in [3.8, 4) is 5.75 Å². The smallest absolute Gasteiger partial charge is 0.340 e. The molecule has 2 aromatic carbocycles. The number of anilines is 1. The van der Waals surface area contributed by atoms with E-state index >= 15 is 0 Å². The third-order valence-electron chi connectivity index (χ3n) is 5.17. The fourth-order valence-electron chi connectivity index (χ4n) is 3.36. The van der Waals surface area contributed by atoms with E-state index in [0.717, 1.165) is 0 Å². The lowest BCUT2D eigenvalue weighted by Crippen LogP contribution is -2.37. The van der Waals surface area contributed by atoms with Crippen LogP contribution in [0.4, 0.5) is 5.69 Å². The molecule has 1 heterocycles. The molecular weight excluding hydrogens is 432 g/mol. The molecule has 0 radical (unpaired) electrons. The average Bonchev–Trinajstić information content (AvgIpc) is 2.76. The summed E-state index contributed by atoms with van der Waals surface area (Å²) in [5, 5.41) is 5.24. The minimum Gasteiger partial charge on any atom is -0.490 e. The van der Waals surface area contributed by atoms with Gasteiger partial charge in [-0.1, -0.05) is 32.9 Å². The molecule has 1 aliphatic heterocycles. The molecular formula is C23H30N2O6S. The maximum atomic E-state index is 12.8. The van der Waals surface area contributed by atoms with Crippen molar-refractivity contribution in [2.45, 2.75) is 31.1 Å². The Hall–Kier alpha value is -2.62. The van der Waals surface area contributed by atoms with Gasteiger partial charge in [0.15, 0.2) is 0 Å². The molecule has 1 saturated heterocycles. The van der Waals surface area contributed by atoms with Gasteiger partial charge < -0.3 is 19.1 Å². The number of ether oxygens (including phenoxy) is 3. The van der Waals surface area contributed by atoms with E-state index in [0.29, 0.717) is 37.7 Å². The van der Waals surface area contributed by atoms with Crippen LogP contribution in [0.25, 0.3) is 0 Å². The molecule has 0 unspecified atom stereocenters. The maximum absolute atomic E-state index is 12.8. The number of esters is 1. The van der Waals surface area contributed by atoms with Crippen LogP contribution >= 0.6 is 0 Å². The Morgan fingerprint density at radius 1 is 1.06 bits per heavy atom. The monoisotopic (exact) mass is 462 g/mol. The molecule has 0 amide bonds. The van der Waals surface area contributed by atoms with Crippen molar-refractivity contribution in [2.75, 3.05) is 44.4 Å². The molecule has 2 N–H and O–H groups in total. The van der Waals surface area contributed by atoms with E-state index in [2.05, 4.69) is 20.8 Å². The zero-order valence-corrected chi connectivity index (χ0v) is 19.5. The van der Waals surface area contributed by atoms with Gasteiger partial charge in [0.25, 0.3) is 0 Å². The minimum atomic E-state index is -3.96. The molecule has 1 fully saturated rings. The molecule has 0 atom stereocenters. The quantitative estimate of drug-likeness (QED) is 0.498. The Balaban J connectivity index is 1.65. The van der Waals surface area contributed by atoms with Crippen LogP contribution in [0.2, 0.25) is 0 Å². The minimum absolute atomic E-state index is 0.0159. The molecule has 8 nitrogen and oxygen atoms in total. The summed E-state index contributed by atoms with van der Waals surface area (Å²) in [5.74, 6) is 0.0444. The lowest BCUT2D eigenvalue weighted by atomic mass is 9.87. The highest BCUT2D eigenvalue weighted by atomic mass is 32.2. The van der Waals surface area contributed by atoms with Gasteiger partial charge in [0.05, 0.1) is 29.4 Å². The number of sulfonamides is 1. The third-order valence-corrected chi connectivity index (χ3v) is 6.08. The van der Waals surface area contributed by atoms with Gasteiger partial charge in [-0.3, -0.25) is 0 Å². The molecule has 0 bridgehead atoms. The summed E-state index contributed by atoms with van der Waals surface area (Å²) < 4.78 is 39.9. The van der Waals surface area contributed by atoms with Crippen LogP contribution in [0, 0.1) is 0 Å². The van der Waals surface area contributed by atoms with Gasteiger partial charge in [0.1, 0.15) is 19.0 Å². The first-order valence-electron chi connectivity index (χ1n) is 10.5. The first-order chi connectivity index (χ1) is 15.1. The fourth-order valence-corrected chi connectivity index (χ4v) is 3.90. The summed E-state index contributed by atoms with van der Waals surface area (Å²) in [6.07, 6.45) is 0. The van der Waals surface area contributed by atoms with Gasteiger partial charge >= 0.3 is 5.97 Å². The number of morpholine rings is 1. The topological polar surface area (TPSA) is 108 Å². The van der Waals surface area contributed by atoms with Crippen LogP contribution in [0.3, 0.4) is 0 Å². The normalized spacial score (nSPS) is 14.8. The number of carbonyl (C=O) groups excluding carboxylic acids is 1. The van der Waals surface area contributed by atoms with Gasteiger partial charge in [-0.2, -0.15) is 0 Å². The number of rotatable bonds is 7. The first kappa shape index (κ1) is 24.0. The van der Waals surface area contributed by atoms with E-state index in [-0.39, 0.29) is 29.1 Å². The predicted molar refractivity (Wildman–Crippen MR) is 122 cm³/mol. The van der Waals surface area contributed by atoms with Gasteiger partial charge in [-0.05, 0) is 41.3 Å². The van der Waals surface area contributed by atoms with Gasteiger partial charge in [-0.15, -0.1) is 0 Å². The lowest BCUT2D eigenvalue weighted by molar-refractivity contribution is 0.0450. The number of carbonyl (C=O) groups is 1. The Bertz CT molecular complexity index is 1040. The van der Waals surface area contributed by atoms with E-state index in [1.165, 1.54) is 17.7 Å². The highest BCUT2D eigenvalue weighted by Gasteiger charge is 2.22. The highest BCUT2D eigenvalue weighted by molar-refractivity contribution is 7.89. The molecule has 1 aliphatic rings. The summed E-state index contributed by atoms with van der Waals surface area (Å²) in [7, 11) is -3.96. The van der Waals surface area contributed by atoms with Crippen molar-refractivity contribution in [2.24, 2.45) is 5.14 Å². The van der Waals surface area contributed by atoms with Crippen molar-refractivity contribution >= 4 is 21.7 Å². The number of nitrogens with zero attached hydrogens (tertiary/aromatic N) is 1. The van der Waals surface area contributed by atoms with Crippen molar-refractivity contribution in [3.05, 3.63) is 53.6 Å². The number of hydrogen-bond acceptors (Lipinski definition) is 7. The second-order valence-electron chi connectivity index (χ2n) is 8.58. The van der Waals surface area contributed by atoms with Crippen LogP contribution in [-0.2, 0) is 24.9 Å². The Morgan fingerprint density at radius 2 is 1.72 bits per heavy atom. The van der Waals surface area contributed by atoms with Crippen LogP contribution in [0.1, 0.15) is 36.7 Å². The van der Waals surface area contributed by atoms with Gasteiger partial charge in [-0.25, -0.2) is 18.4 Å². The van der Waals surface area contributed by atoms with Gasteiger partial charge in [0, 0.05) is 13.1 Å². The molecule has 0 aliphatic carbocycles. The number of hydrogen-bond donors (Lipinski definition) is 1. The SMILES string of the molecule is CC(C)(C)c1ccc(OCCOC(=O)c2cc(S(N)(=O)=O)ccc2N2CCOCC2)cc1. The van der Waals surface area contributed by atoms with E-state index < -0.39 is 16.0 Å². The largest absolute Gasteiger partial charge is 0.490 e. The molecule has 0 saturated carbocycles. The van der Waals surface area contributed by atoms with Crippen molar-refractivity contribution < 1.29 is 27.4 Å². The Labute approximate surface area is 189 Å². The van der Waals surface area contributed by atoms with Gasteiger partial charge in [0.2, 0.25) is 10.0 Å². The fraction of sp³-hybridized carbons (Fsp3) is 0.435. The van der Waals surface area contributed by atoms with Crippen molar-refractivity contribution in [1.82, 2.24) is 0 Å². The van der Waals surface area contributed by atoms with Crippen LogP contribution in [0.15, 0.2) is 47.4 Å². The van der Waals surface area contributed by atoms with E-state index in [9.17, 15) is 13.2 Å². The Morgan fingerprint density at radius 3 is 2.31 bits per heavy atom. The molecule has 0 aromatic heterocycles. The first-order valence-corrected chi connectivity index (χ1v) is 12.0. The summed E-state index contributed by atoms with van der Waals surface area (Å²) in [6, 6.07) is 12.0.